The SMILES string of the molecule is CC(C)CC(C(=O)NC(C)CC(=O)O)N(C=O)C(=O)C(C)(C)N(C)Cc1ccc(CCc2ccccc2)cc1. The van der Waals surface area contributed by atoms with Gasteiger partial charge in [0.1, 0.15) is 6.04 Å². The molecule has 0 bridgehead atoms. The zero-order valence-electron chi connectivity index (χ0n) is 24.0. The monoisotopic (exact) mass is 537 g/mol. The molecule has 0 spiro atoms. The number of likely N-dealkylation sites (N-methyl/N-ethyl adjacent to an activating group) is 1. The summed E-state index contributed by atoms with van der Waals surface area (Å²) in [6, 6.07) is 17.0. The van der Waals surface area contributed by atoms with Crippen molar-refractivity contribution in [3.8, 4) is 0 Å². The average molecular weight is 538 g/mol. The zero-order valence-corrected chi connectivity index (χ0v) is 24.0. The van der Waals surface area contributed by atoms with Gasteiger partial charge in [0.2, 0.25) is 18.2 Å². The number of hydrogen-bond acceptors (Lipinski definition) is 5. The number of hydrogen-bond donors (Lipinski definition) is 2. The van der Waals surface area contributed by atoms with Crippen LogP contribution in [0.1, 0.15) is 64.2 Å². The number of carbonyl (C=O) groups excluding carboxylic acids is 3. The van der Waals surface area contributed by atoms with E-state index in [1.54, 1.807) is 20.8 Å². The summed E-state index contributed by atoms with van der Waals surface area (Å²) in [4.78, 5) is 52.8. The molecule has 2 aromatic carbocycles. The fraction of sp³-hybridized carbons (Fsp3) is 0.484. The van der Waals surface area contributed by atoms with E-state index in [9.17, 15) is 19.2 Å². The maximum absolute atomic E-state index is 13.7. The molecule has 2 rings (SSSR count). The minimum absolute atomic E-state index is 0.0204. The summed E-state index contributed by atoms with van der Waals surface area (Å²) >= 11 is 0. The minimum atomic E-state index is -1.09. The van der Waals surface area contributed by atoms with Crippen molar-refractivity contribution < 1.29 is 24.3 Å². The first kappa shape index (κ1) is 31.7. The number of aliphatic carboxylic acids is 1. The predicted octanol–water partition coefficient (Wildman–Crippen LogP) is 4.06. The zero-order chi connectivity index (χ0) is 29.2. The van der Waals surface area contributed by atoms with Crippen LogP contribution in [0, 0.1) is 5.92 Å². The van der Waals surface area contributed by atoms with Gasteiger partial charge in [-0.25, -0.2) is 0 Å². The molecule has 0 radical (unpaired) electrons. The van der Waals surface area contributed by atoms with E-state index < -0.39 is 35.4 Å². The molecular weight excluding hydrogens is 494 g/mol. The number of carboxylic acid groups (broad SMARTS) is 1. The van der Waals surface area contributed by atoms with Crippen LogP contribution in [-0.2, 0) is 38.6 Å². The van der Waals surface area contributed by atoms with Crippen molar-refractivity contribution >= 4 is 24.2 Å². The molecular formula is C31H43N3O5. The van der Waals surface area contributed by atoms with Crippen molar-refractivity contribution in [1.82, 2.24) is 15.1 Å². The molecule has 0 saturated heterocycles. The van der Waals surface area contributed by atoms with Gasteiger partial charge in [-0.15, -0.1) is 0 Å². The third-order valence-corrected chi connectivity index (χ3v) is 7.02. The topological polar surface area (TPSA) is 107 Å². The lowest BCUT2D eigenvalue weighted by Gasteiger charge is -2.39. The van der Waals surface area contributed by atoms with E-state index in [-0.39, 0.29) is 18.8 Å². The van der Waals surface area contributed by atoms with E-state index in [2.05, 4.69) is 29.6 Å². The van der Waals surface area contributed by atoms with Gasteiger partial charge in [0, 0.05) is 12.6 Å². The highest BCUT2D eigenvalue weighted by Gasteiger charge is 2.41. The average Bonchev–Trinajstić information content (AvgIpc) is 2.87. The lowest BCUT2D eigenvalue weighted by atomic mass is 9.96. The van der Waals surface area contributed by atoms with Crippen LogP contribution in [0.3, 0.4) is 0 Å². The number of carboxylic acids is 1. The molecule has 0 fully saturated rings. The fourth-order valence-electron chi connectivity index (χ4n) is 4.40. The van der Waals surface area contributed by atoms with Crippen LogP contribution >= 0.6 is 0 Å². The lowest BCUT2D eigenvalue weighted by molar-refractivity contribution is -0.154. The third kappa shape index (κ3) is 9.62. The van der Waals surface area contributed by atoms with Crippen molar-refractivity contribution in [2.45, 2.75) is 84.5 Å². The summed E-state index contributed by atoms with van der Waals surface area (Å²) in [7, 11) is 1.82. The maximum atomic E-state index is 13.7. The molecule has 8 nitrogen and oxygen atoms in total. The van der Waals surface area contributed by atoms with Crippen molar-refractivity contribution in [1.29, 1.82) is 0 Å². The molecule has 0 aliphatic rings. The van der Waals surface area contributed by atoms with Crippen molar-refractivity contribution in [3.63, 3.8) is 0 Å². The first-order valence-electron chi connectivity index (χ1n) is 13.5. The highest BCUT2D eigenvalue weighted by atomic mass is 16.4. The van der Waals surface area contributed by atoms with Gasteiger partial charge in [0.15, 0.2) is 0 Å². The number of aryl methyl sites for hydroxylation is 2. The molecule has 2 N–H and O–H groups in total. The van der Waals surface area contributed by atoms with Gasteiger partial charge in [-0.05, 0) is 69.7 Å². The maximum Gasteiger partial charge on any atom is 0.305 e. The number of nitrogens with one attached hydrogen (secondary N) is 1. The molecule has 8 heteroatoms. The highest BCUT2D eigenvalue weighted by molar-refractivity contribution is 5.98. The van der Waals surface area contributed by atoms with Gasteiger partial charge in [0.25, 0.3) is 0 Å². The molecule has 2 atom stereocenters. The second kappa shape index (κ2) is 14.6. The Morgan fingerprint density at radius 3 is 1.97 bits per heavy atom. The van der Waals surface area contributed by atoms with Gasteiger partial charge >= 0.3 is 5.97 Å². The van der Waals surface area contributed by atoms with E-state index in [0.717, 1.165) is 23.3 Å². The number of rotatable bonds is 15. The Labute approximate surface area is 232 Å². The van der Waals surface area contributed by atoms with E-state index in [1.807, 2.05) is 56.1 Å². The molecule has 0 aromatic heterocycles. The second-order valence-electron chi connectivity index (χ2n) is 11.2. The molecule has 0 aliphatic heterocycles. The van der Waals surface area contributed by atoms with Crippen molar-refractivity contribution in [3.05, 3.63) is 71.3 Å². The first-order valence-corrected chi connectivity index (χ1v) is 13.5. The van der Waals surface area contributed by atoms with Crippen LogP contribution in [0.2, 0.25) is 0 Å². The summed E-state index contributed by atoms with van der Waals surface area (Å²) < 4.78 is 0. The number of carbonyl (C=O) groups is 4. The van der Waals surface area contributed by atoms with Crippen molar-refractivity contribution in [2.24, 2.45) is 5.92 Å². The van der Waals surface area contributed by atoms with Crippen LogP contribution in [0.4, 0.5) is 0 Å². The van der Waals surface area contributed by atoms with Crippen LogP contribution in [0.15, 0.2) is 54.6 Å². The van der Waals surface area contributed by atoms with Gasteiger partial charge in [0.05, 0.1) is 12.0 Å². The predicted molar refractivity (Wildman–Crippen MR) is 152 cm³/mol. The Kier molecular flexibility index (Phi) is 11.9. The Balaban J connectivity index is 2.11. The summed E-state index contributed by atoms with van der Waals surface area (Å²) in [5.41, 5.74) is 2.46. The highest BCUT2D eigenvalue weighted by Crippen LogP contribution is 2.22. The molecule has 0 aliphatic carbocycles. The quantitative estimate of drug-likeness (QED) is 0.332. The number of amides is 3. The number of benzene rings is 2. The summed E-state index contributed by atoms with van der Waals surface area (Å²) in [6.07, 6.45) is 2.31. The lowest BCUT2D eigenvalue weighted by Crippen LogP contribution is -2.60. The standard InChI is InChI=1S/C31H43N3O5/c1-22(2)18-27(29(38)32-23(3)19-28(36)37)34(21-35)30(39)31(4,5)33(6)20-26-16-14-25(15-17-26)13-12-24-10-8-7-9-11-24/h7-11,14-17,21-23,27H,12-13,18-20H2,1-6H3,(H,32,38)(H,36,37). The van der Waals surface area contributed by atoms with Gasteiger partial charge < -0.3 is 10.4 Å². The van der Waals surface area contributed by atoms with Gasteiger partial charge in [-0.2, -0.15) is 0 Å². The van der Waals surface area contributed by atoms with E-state index >= 15 is 0 Å². The summed E-state index contributed by atoms with van der Waals surface area (Å²) in [5, 5.41) is 11.7. The number of imide groups is 1. The molecule has 0 heterocycles. The molecule has 2 unspecified atom stereocenters. The second-order valence-corrected chi connectivity index (χ2v) is 11.2. The summed E-state index contributed by atoms with van der Waals surface area (Å²) in [5.74, 6) is -2.06. The fourth-order valence-corrected chi connectivity index (χ4v) is 4.40. The molecule has 3 amide bonds. The first-order chi connectivity index (χ1) is 18.3. The van der Waals surface area contributed by atoms with Crippen LogP contribution in [0.5, 0.6) is 0 Å². The smallest absolute Gasteiger partial charge is 0.305 e. The van der Waals surface area contributed by atoms with Crippen LogP contribution in [0.25, 0.3) is 0 Å². The van der Waals surface area contributed by atoms with E-state index in [4.69, 9.17) is 5.11 Å². The van der Waals surface area contributed by atoms with E-state index in [1.165, 1.54) is 11.1 Å². The Bertz CT molecular complexity index is 1100. The third-order valence-electron chi connectivity index (χ3n) is 7.02. The largest absolute Gasteiger partial charge is 0.481 e. The molecule has 2 aromatic rings. The van der Waals surface area contributed by atoms with E-state index in [0.29, 0.717) is 13.0 Å². The molecule has 0 saturated carbocycles. The minimum Gasteiger partial charge on any atom is -0.481 e. The normalized spacial score (nSPS) is 13.1. The van der Waals surface area contributed by atoms with Crippen LogP contribution in [-0.4, -0.2) is 63.8 Å². The van der Waals surface area contributed by atoms with Gasteiger partial charge in [-0.3, -0.25) is 29.0 Å². The Morgan fingerprint density at radius 1 is 0.923 bits per heavy atom. The van der Waals surface area contributed by atoms with Crippen LogP contribution < -0.4 is 5.32 Å². The Morgan fingerprint density at radius 2 is 1.46 bits per heavy atom. The molecule has 212 valence electrons. The van der Waals surface area contributed by atoms with Gasteiger partial charge in [-0.1, -0.05) is 68.4 Å². The van der Waals surface area contributed by atoms with Crippen molar-refractivity contribution in [2.75, 3.05) is 7.05 Å². The summed E-state index contributed by atoms with van der Waals surface area (Å²) in [6.45, 7) is 9.32. The number of nitrogens with zero attached hydrogens (tertiary/aromatic N) is 2. The molecule has 39 heavy (non-hydrogen) atoms. The Hall–Kier alpha value is -3.52.